The highest BCUT2D eigenvalue weighted by Crippen LogP contribution is 2.82. The molecule has 2 amide bonds. The molecule has 8 nitrogen and oxygen atoms in total. The molecule has 8 heteroatoms. The molecular weight excluding hydrogens is 382 g/mol. The summed E-state index contributed by atoms with van der Waals surface area (Å²) >= 11 is 0. The molecule has 0 unspecified atom stereocenters. The summed E-state index contributed by atoms with van der Waals surface area (Å²) in [4.78, 5) is 17.0. The monoisotopic (exact) mass is 401 g/mol. The van der Waals surface area contributed by atoms with Crippen LogP contribution >= 0.6 is 0 Å². The van der Waals surface area contributed by atoms with Gasteiger partial charge in [-0.3, -0.25) is 5.32 Å². The van der Waals surface area contributed by atoms with Crippen molar-refractivity contribution in [3.05, 3.63) is 66.2 Å². The Labute approximate surface area is 173 Å². The van der Waals surface area contributed by atoms with Crippen LogP contribution in [0.4, 0.5) is 10.5 Å². The van der Waals surface area contributed by atoms with Crippen molar-refractivity contribution in [2.75, 3.05) is 19.5 Å². The number of amidine groups is 1. The zero-order valence-electron chi connectivity index (χ0n) is 16.4. The van der Waals surface area contributed by atoms with Gasteiger partial charge in [0.05, 0.1) is 12.1 Å². The number of ether oxygens (including phenoxy) is 2. The van der Waals surface area contributed by atoms with Crippen molar-refractivity contribution in [1.82, 2.24) is 5.32 Å². The zero-order chi connectivity index (χ0) is 21.4. The number of methoxy groups -OCH3 is 2. The highest BCUT2D eigenvalue weighted by Gasteiger charge is 2.94. The first kappa shape index (κ1) is 19.6. The van der Waals surface area contributed by atoms with Crippen LogP contribution < -0.4 is 10.6 Å². The highest BCUT2D eigenvalue weighted by atomic mass is 16.7. The standard InChI is InChI=1S/C22H19N5O3/c1-29-22(30-2)21(14-24)17(15-9-5-3-6-10-15)20(21,13-23)18(27-22)26-19(28)25-16-11-7-4-8-12-16/h3-12,17H,1-2H3,(H2,25,26,27,28)/t17-,20-,21-/m1/s1. The van der Waals surface area contributed by atoms with Crippen molar-refractivity contribution in [3.63, 3.8) is 0 Å². The number of aliphatic imine (C=N–C) groups is 1. The Morgan fingerprint density at radius 1 is 0.967 bits per heavy atom. The fraction of sp³-hybridized carbons (Fsp3) is 0.273. The van der Waals surface area contributed by atoms with Gasteiger partial charge in [-0.05, 0) is 17.7 Å². The van der Waals surface area contributed by atoms with Crippen LogP contribution in [-0.4, -0.2) is 32.0 Å². The molecule has 4 rings (SSSR count). The number of anilines is 1. The molecule has 1 fully saturated rings. The molecule has 0 spiro atoms. The van der Waals surface area contributed by atoms with Crippen molar-refractivity contribution in [2.24, 2.45) is 15.8 Å². The Balaban J connectivity index is 1.76. The number of rotatable bonds is 4. The molecule has 2 N–H and O–H groups in total. The van der Waals surface area contributed by atoms with E-state index in [1.165, 1.54) is 14.2 Å². The van der Waals surface area contributed by atoms with E-state index in [2.05, 4.69) is 27.8 Å². The Hall–Kier alpha value is -3.72. The lowest BCUT2D eigenvalue weighted by Crippen LogP contribution is -2.41. The number of nitrogens with zero attached hydrogens (tertiary/aromatic N) is 3. The smallest absolute Gasteiger partial charge is 0.324 e. The maximum Gasteiger partial charge on any atom is 0.324 e. The number of benzene rings is 2. The van der Waals surface area contributed by atoms with E-state index in [-0.39, 0.29) is 5.84 Å². The molecule has 1 aliphatic carbocycles. The Morgan fingerprint density at radius 2 is 1.57 bits per heavy atom. The van der Waals surface area contributed by atoms with Crippen LogP contribution in [0, 0.1) is 33.5 Å². The summed E-state index contributed by atoms with van der Waals surface area (Å²) in [6, 6.07) is 21.9. The van der Waals surface area contributed by atoms with Crippen molar-refractivity contribution >= 4 is 17.6 Å². The Bertz CT molecular complexity index is 1090. The van der Waals surface area contributed by atoms with Crippen molar-refractivity contribution in [2.45, 2.75) is 11.8 Å². The van der Waals surface area contributed by atoms with Gasteiger partial charge in [-0.2, -0.15) is 10.5 Å². The van der Waals surface area contributed by atoms with E-state index >= 15 is 0 Å². The largest absolute Gasteiger partial charge is 0.333 e. The third-order valence-corrected chi connectivity index (χ3v) is 5.84. The number of urea groups is 1. The van der Waals surface area contributed by atoms with E-state index in [0.29, 0.717) is 5.69 Å². The summed E-state index contributed by atoms with van der Waals surface area (Å²) in [5.74, 6) is -2.28. The number of nitriles is 2. The van der Waals surface area contributed by atoms with E-state index in [0.717, 1.165) is 5.56 Å². The molecule has 2 aromatic rings. The fourth-order valence-corrected chi connectivity index (χ4v) is 4.54. The molecule has 0 bridgehead atoms. The Morgan fingerprint density at radius 3 is 2.10 bits per heavy atom. The van der Waals surface area contributed by atoms with Gasteiger partial charge in [0.25, 0.3) is 5.91 Å². The fourth-order valence-electron chi connectivity index (χ4n) is 4.54. The molecule has 3 atom stereocenters. The van der Waals surface area contributed by atoms with E-state index in [1.807, 2.05) is 36.4 Å². The third kappa shape index (κ3) is 2.32. The number of nitrogens with one attached hydrogen (secondary N) is 2. The molecule has 1 saturated carbocycles. The number of hydrogen-bond donors (Lipinski definition) is 2. The topological polar surface area (TPSA) is 120 Å². The van der Waals surface area contributed by atoms with Gasteiger partial charge in [0.15, 0.2) is 10.8 Å². The van der Waals surface area contributed by atoms with Gasteiger partial charge >= 0.3 is 6.03 Å². The van der Waals surface area contributed by atoms with Gasteiger partial charge in [0.2, 0.25) is 0 Å². The van der Waals surface area contributed by atoms with E-state index in [1.54, 1.807) is 24.3 Å². The van der Waals surface area contributed by atoms with E-state index in [9.17, 15) is 15.3 Å². The lowest BCUT2D eigenvalue weighted by molar-refractivity contribution is -0.230. The maximum atomic E-state index is 12.6. The molecule has 2 aliphatic rings. The number of hydrogen-bond acceptors (Lipinski definition) is 6. The number of carbonyl (C=O) groups excluding carboxylic acids is 1. The predicted octanol–water partition coefficient (Wildman–Crippen LogP) is 2.98. The van der Waals surface area contributed by atoms with Gasteiger partial charge in [0, 0.05) is 25.8 Å². The molecule has 0 radical (unpaired) electrons. The summed E-state index contributed by atoms with van der Waals surface area (Å²) in [5.41, 5.74) is -1.54. The zero-order valence-corrected chi connectivity index (χ0v) is 16.4. The second-order valence-corrected chi connectivity index (χ2v) is 7.08. The van der Waals surface area contributed by atoms with Crippen molar-refractivity contribution in [1.29, 1.82) is 10.5 Å². The van der Waals surface area contributed by atoms with Gasteiger partial charge < -0.3 is 14.8 Å². The van der Waals surface area contributed by atoms with Crippen molar-refractivity contribution in [3.8, 4) is 12.1 Å². The number of carbonyl (C=O) groups is 1. The van der Waals surface area contributed by atoms with Crippen LogP contribution in [-0.2, 0) is 9.47 Å². The lowest BCUT2D eigenvalue weighted by atomic mass is 9.93. The lowest BCUT2D eigenvalue weighted by Gasteiger charge is -2.29. The average molecular weight is 401 g/mol. The molecule has 150 valence electrons. The summed E-state index contributed by atoms with van der Waals surface area (Å²) < 4.78 is 11.1. The van der Waals surface area contributed by atoms with E-state index < -0.39 is 28.7 Å². The molecule has 0 aromatic heterocycles. The van der Waals surface area contributed by atoms with Crippen LogP contribution in [0.2, 0.25) is 0 Å². The van der Waals surface area contributed by atoms with E-state index in [4.69, 9.17) is 9.47 Å². The number of amides is 2. The number of para-hydroxylation sites is 1. The minimum absolute atomic E-state index is 0.0394. The van der Waals surface area contributed by atoms with Crippen LogP contribution in [0.25, 0.3) is 0 Å². The minimum Gasteiger partial charge on any atom is -0.333 e. The molecule has 1 heterocycles. The van der Waals surface area contributed by atoms with Gasteiger partial charge in [-0.15, -0.1) is 0 Å². The van der Waals surface area contributed by atoms with Gasteiger partial charge in [-0.1, -0.05) is 48.5 Å². The molecule has 1 aliphatic heterocycles. The van der Waals surface area contributed by atoms with Gasteiger partial charge in [-0.25, -0.2) is 9.79 Å². The molecule has 30 heavy (non-hydrogen) atoms. The molecule has 0 saturated heterocycles. The molecule has 2 aromatic carbocycles. The maximum absolute atomic E-state index is 12.6. The van der Waals surface area contributed by atoms with Crippen molar-refractivity contribution < 1.29 is 14.3 Å². The first-order chi connectivity index (χ1) is 14.5. The predicted molar refractivity (Wildman–Crippen MR) is 108 cm³/mol. The second kappa shape index (κ2) is 6.96. The summed E-state index contributed by atoms with van der Waals surface area (Å²) in [6.45, 7) is 0. The molecular formula is C22H19N5O3. The third-order valence-electron chi connectivity index (χ3n) is 5.84. The number of fused-ring (bicyclic) bond motifs is 1. The minimum atomic E-state index is -1.73. The summed E-state index contributed by atoms with van der Waals surface area (Å²) in [5, 5.41) is 25.8. The summed E-state index contributed by atoms with van der Waals surface area (Å²) in [6.07, 6.45) is 0. The SMILES string of the molecule is COC1(OC)N=C(NC(=O)Nc2ccccc2)[C@@]2(C#N)[C@@H](c3ccccc3)[C@@]12C#N. The van der Waals surface area contributed by atoms with Crippen LogP contribution in [0.1, 0.15) is 11.5 Å². The van der Waals surface area contributed by atoms with Crippen LogP contribution in [0.5, 0.6) is 0 Å². The van der Waals surface area contributed by atoms with Crippen LogP contribution in [0.15, 0.2) is 65.7 Å². The first-order valence-electron chi connectivity index (χ1n) is 9.26. The van der Waals surface area contributed by atoms with Gasteiger partial charge in [0.1, 0.15) is 5.84 Å². The first-order valence-corrected chi connectivity index (χ1v) is 9.26. The highest BCUT2D eigenvalue weighted by molar-refractivity contribution is 6.11. The normalized spacial score (nSPS) is 27.7. The summed E-state index contributed by atoms with van der Waals surface area (Å²) in [7, 11) is 2.73. The quantitative estimate of drug-likeness (QED) is 0.763. The average Bonchev–Trinajstić information content (AvgIpc) is 3.35. The Kier molecular flexibility index (Phi) is 4.54. The second-order valence-electron chi connectivity index (χ2n) is 7.08. The van der Waals surface area contributed by atoms with Crippen LogP contribution in [0.3, 0.4) is 0 Å².